The van der Waals surface area contributed by atoms with Gasteiger partial charge in [-0.25, -0.2) is 0 Å². The third kappa shape index (κ3) is 24.4. The van der Waals surface area contributed by atoms with Gasteiger partial charge in [0, 0.05) is 43.0 Å². The summed E-state index contributed by atoms with van der Waals surface area (Å²) in [6, 6.07) is 0.603. The van der Waals surface area contributed by atoms with Gasteiger partial charge in [-0.05, 0) is 67.5 Å². The van der Waals surface area contributed by atoms with Crippen molar-refractivity contribution >= 4 is 11.4 Å². The molecular formula is C16H30N2O2Zn. The number of aliphatic hydroxyl groups is 2. The van der Waals surface area contributed by atoms with Gasteiger partial charge in [0.25, 0.3) is 0 Å². The van der Waals surface area contributed by atoms with Crippen LogP contribution in [0.15, 0.2) is 33.7 Å². The van der Waals surface area contributed by atoms with Crippen molar-refractivity contribution in [1.29, 1.82) is 0 Å². The molecule has 0 bridgehead atoms. The number of nitrogens with zero attached hydrogens (tertiary/aromatic N) is 2. The number of aliphatic hydroxyl groups excluding tert-OH is 2. The molecule has 0 fully saturated rings. The maximum absolute atomic E-state index is 8.82. The summed E-state index contributed by atoms with van der Waals surface area (Å²) in [5.74, 6) is 0.615. The van der Waals surface area contributed by atoms with Crippen LogP contribution >= 0.6 is 0 Å². The SMILES string of the molecule is CC(/C=C(/C)O)=NC(C)C.CC(/C=C(/C)O)=NC(C)C.[Zn]. The van der Waals surface area contributed by atoms with Crippen molar-refractivity contribution in [2.24, 2.45) is 9.98 Å². The fourth-order valence-electron chi connectivity index (χ4n) is 1.49. The second kappa shape index (κ2) is 14.0. The Bertz CT molecular complexity index is 349. The van der Waals surface area contributed by atoms with E-state index in [0.717, 1.165) is 11.4 Å². The van der Waals surface area contributed by atoms with E-state index in [4.69, 9.17) is 10.2 Å². The predicted molar refractivity (Wildman–Crippen MR) is 89.3 cm³/mol. The molecule has 4 nitrogen and oxygen atoms in total. The van der Waals surface area contributed by atoms with Gasteiger partial charge >= 0.3 is 0 Å². The minimum absolute atomic E-state index is 0. The minimum Gasteiger partial charge on any atom is -0.513 e. The summed E-state index contributed by atoms with van der Waals surface area (Å²) < 4.78 is 0. The van der Waals surface area contributed by atoms with E-state index in [-0.39, 0.29) is 19.5 Å². The number of hydrogen-bond acceptors (Lipinski definition) is 4. The fourth-order valence-corrected chi connectivity index (χ4v) is 1.49. The van der Waals surface area contributed by atoms with Crippen molar-refractivity contribution in [2.75, 3.05) is 0 Å². The molecule has 0 aliphatic rings. The minimum atomic E-state index is 0. The maximum atomic E-state index is 8.82. The van der Waals surface area contributed by atoms with Crippen LogP contribution in [0, 0.1) is 0 Å². The summed E-state index contributed by atoms with van der Waals surface area (Å²) >= 11 is 0. The summed E-state index contributed by atoms with van der Waals surface area (Å²) in [4.78, 5) is 8.40. The molecular weight excluding hydrogens is 318 g/mol. The Morgan fingerprint density at radius 1 is 0.714 bits per heavy atom. The zero-order chi connectivity index (χ0) is 16.3. The van der Waals surface area contributed by atoms with Crippen molar-refractivity contribution in [3.05, 3.63) is 23.7 Å². The first-order valence-electron chi connectivity index (χ1n) is 6.87. The summed E-state index contributed by atoms with van der Waals surface area (Å²) in [5, 5.41) is 17.6. The van der Waals surface area contributed by atoms with Gasteiger partial charge in [-0.2, -0.15) is 0 Å². The molecule has 0 aromatic carbocycles. The van der Waals surface area contributed by atoms with Gasteiger partial charge in [-0.3, -0.25) is 9.98 Å². The molecule has 5 heteroatoms. The van der Waals surface area contributed by atoms with Crippen molar-refractivity contribution in [1.82, 2.24) is 0 Å². The number of aliphatic imine (C=N–C) groups is 2. The van der Waals surface area contributed by atoms with Crippen molar-refractivity contribution in [3.63, 3.8) is 0 Å². The third-order valence-electron chi connectivity index (χ3n) is 1.76. The summed E-state index contributed by atoms with van der Waals surface area (Å²) in [6.07, 6.45) is 3.31. The first-order chi connectivity index (χ1) is 9.04. The Balaban J connectivity index is -0.000000295. The first-order valence-corrected chi connectivity index (χ1v) is 6.87. The Labute approximate surface area is 142 Å². The smallest absolute Gasteiger partial charge is 0.0909 e. The Morgan fingerprint density at radius 2 is 0.952 bits per heavy atom. The van der Waals surface area contributed by atoms with Crippen LogP contribution in [0.1, 0.15) is 55.4 Å². The summed E-state index contributed by atoms with van der Waals surface area (Å²) in [6.45, 7) is 15.0. The molecule has 0 aromatic heterocycles. The van der Waals surface area contributed by atoms with Crippen LogP contribution in [0.4, 0.5) is 0 Å². The topological polar surface area (TPSA) is 65.2 Å². The van der Waals surface area contributed by atoms with Crippen molar-refractivity contribution in [2.45, 2.75) is 67.5 Å². The molecule has 0 spiro atoms. The van der Waals surface area contributed by atoms with E-state index >= 15 is 0 Å². The second-order valence-electron chi connectivity index (χ2n) is 5.30. The third-order valence-corrected chi connectivity index (χ3v) is 1.76. The van der Waals surface area contributed by atoms with E-state index in [0.29, 0.717) is 23.6 Å². The van der Waals surface area contributed by atoms with Crippen LogP contribution < -0.4 is 0 Å². The zero-order valence-electron chi connectivity index (χ0n) is 14.8. The second-order valence-corrected chi connectivity index (χ2v) is 5.30. The van der Waals surface area contributed by atoms with E-state index in [1.807, 2.05) is 41.5 Å². The normalized spacial score (nSPS) is 13.8. The Morgan fingerprint density at radius 3 is 1.10 bits per heavy atom. The molecule has 0 atom stereocenters. The number of allylic oxidation sites excluding steroid dienone is 4. The molecule has 0 saturated carbocycles. The van der Waals surface area contributed by atoms with Crippen LogP contribution in [0.5, 0.6) is 0 Å². The van der Waals surface area contributed by atoms with Crippen LogP contribution in [-0.4, -0.2) is 33.7 Å². The molecule has 0 heterocycles. The van der Waals surface area contributed by atoms with E-state index in [1.165, 1.54) is 0 Å². The fraction of sp³-hybridized carbons (Fsp3) is 0.625. The van der Waals surface area contributed by atoms with E-state index in [2.05, 4.69) is 9.98 Å². The van der Waals surface area contributed by atoms with E-state index in [9.17, 15) is 0 Å². The standard InChI is InChI=1S/2C8H15NO.Zn/c2*1-6(2)9-7(3)5-8(4)10;/h2*5-6,10H,1-4H3;/b2*8-5-,9-7?;. The van der Waals surface area contributed by atoms with E-state index < -0.39 is 0 Å². The summed E-state index contributed by atoms with van der Waals surface area (Å²) in [7, 11) is 0. The molecule has 2 N–H and O–H groups in total. The molecule has 0 amide bonds. The largest absolute Gasteiger partial charge is 0.513 e. The van der Waals surface area contributed by atoms with Crippen molar-refractivity contribution in [3.8, 4) is 0 Å². The average Bonchev–Trinajstić information content (AvgIpc) is 2.11. The van der Waals surface area contributed by atoms with Gasteiger partial charge in [0.05, 0.1) is 11.5 Å². The molecule has 0 unspecified atom stereocenters. The molecule has 118 valence electrons. The van der Waals surface area contributed by atoms with Crippen molar-refractivity contribution < 1.29 is 29.7 Å². The van der Waals surface area contributed by atoms with Gasteiger partial charge in [0.1, 0.15) is 0 Å². The number of rotatable bonds is 4. The van der Waals surface area contributed by atoms with Gasteiger partial charge in [-0.15, -0.1) is 0 Å². The first kappa shape index (κ1) is 25.0. The quantitative estimate of drug-likeness (QED) is 0.442. The molecule has 0 aromatic rings. The summed E-state index contributed by atoms with van der Waals surface area (Å²) in [5.41, 5.74) is 1.74. The van der Waals surface area contributed by atoms with Crippen LogP contribution in [0.3, 0.4) is 0 Å². The Kier molecular flexibility index (Phi) is 16.7. The van der Waals surface area contributed by atoms with Crippen LogP contribution in [0.2, 0.25) is 0 Å². The Hall–Kier alpha value is -0.957. The molecule has 0 radical (unpaired) electrons. The van der Waals surface area contributed by atoms with Crippen LogP contribution in [0.25, 0.3) is 0 Å². The maximum Gasteiger partial charge on any atom is 0.0909 e. The van der Waals surface area contributed by atoms with Gasteiger partial charge < -0.3 is 10.2 Å². The van der Waals surface area contributed by atoms with E-state index in [1.54, 1.807) is 26.0 Å². The molecule has 0 saturated heterocycles. The predicted octanol–water partition coefficient (Wildman–Crippen LogP) is 4.63. The molecule has 21 heavy (non-hydrogen) atoms. The molecule has 0 rings (SSSR count). The number of hydrogen-bond donors (Lipinski definition) is 2. The van der Waals surface area contributed by atoms with Crippen LogP contribution in [-0.2, 0) is 19.5 Å². The molecule has 0 aliphatic heterocycles. The zero-order valence-corrected chi connectivity index (χ0v) is 17.8. The monoisotopic (exact) mass is 346 g/mol. The molecule has 0 aliphatic carbocycles. The van der Waals surface area contributed by atoms with Gasteiger partial charge in [0.2, 0.25) is 0 Å². The van der Waals surface area contributed by atoms with Gasteiger partial charge in [-0.1, -0.05) is 0 Å². The van der Waals surface area contributed by atoms with Gasteiger partial charge in [0.15, 0.2) is 0 Å². The average molecular weight is 348 g/mol.